The fraction of sp³-hybridized carbons (Fsp3) is 0.385. The molecule has 1 aromatic rings. The monoisotopic (exact) mass is 250 g/mol. The lowest BCUT2D eigenvalue weighted by molar-refractivity contribution is 0.0694. The van der Waals surface area contributed by atoms with E-state index in [1.165, 1.54) is 4.90 Å². The van der Waals surface area contributed by atoms with E-state index in [1.807, 2.05) is 0 Å². The van der Waals surface area contributed by atoms with E-state index in [2.05, 4.69) is 6.07 Å². The lowest BCUT2D eigenvalue weighted by Crippen LogP contribution is -2.39. The van der Waals surface area contributed by atoms with Crippen molar-refractivity contribution in [1.29, 1.82) is 5.26 Å². The maximum atomic E-state index is 13.5. The number of hydrogen-bond acceptors (Lipinski definition) is 2. The Kier molecular flexibility index (Phi) is 3.56. The van der Waals surface area contributed by atoms with E-state index < -0.39 is 17.5 Å². The van der Waals surface area contributed by atoms with E-state index >= 15 is 0 Å². The normalized spacial score (nSPS) is 19.4. The first-order valence-corrected chi connectivity index (χ1v) is 5.75. The van der Waals surface area contributed by atoms with Crippen LogP contribution in [0.15, 0.2) is 18.2 Å². The van der Waals surface area contributed by atoms with Crippen LogP contribution in [-0.2, 0) is 0 Å². The van der Waals surface area contributed by atoms with Gasteiger partial charge in [-0.2, -0.15) is 5.26 Å². The summed E-state index contributed by atoms with van der Waals surface area (Å²) in [7, 11) is 0. The van der Waals surface area contributed by atoms with Gasteiger partial charge in [0.2, 0.25) is 0 Å². The largest absolute Gasteiger partial charge is 0.337 e. The van der Waals surface area contributed by atoms with Gasteiger partial charge in [-0.05, 0) is 25.0 Å². The third-order valence-corrected chi connectivity index (χ3v) is 3.05. The van der Waals surface area contributed by atoms with Crippen LogP contribution < -0.4 is 0 Å². The van der Waals surface area contributed by atoms with E-state index in [9.17, 15) is 13.6 Å². The highest BCUT2D eigenvalue weighted by molar-refractivity contribution is 5.94. The Labute approximate surface area is 104 Å². The molecule has 0 radical (unpaired) electrons. The number of nitrogens with zero attached hydrogens (tertiary/aromatic N) is 2. The molecule has 0 N–H and O–H groups in total. The maximum Gasteiger partial charge on any atom is 0.256 e. The Morgan fingerprint density at radius 3 is 2.89 bits per heavy atom. The number of piperidine rings is 1. The molecule has 2 rings (SSSR count). The summed E-state index contributed by atoms with van der Waals surface area (Å²) in [5, 5.41) is 8.84. The number of carbonyl (C=O) groups excluding carboxylic acids is 1. The summed E-state index contributed by atoms with van der Waals surface area (Å²) in [5.41, 5.74) is -0.144. The third kappa shape index (κ3) is 2.48. The molecular weight excluding hydrogens is 238 g/mol. The summed E-state index contributed by atoms with van der Waals surface area (Å²) >= 11 is 0. The minimum atomic E-state index is -0.862. The number of halogens is 2. The van der Waals surface area contributed by atoms with Crippen LogP contribution >= 0.6 is 0 Å². The summed E-state index contributed by atoms with van der Waals surface area (Å²) in [6, 6.07) is 5.01. The minimum absolute atomic E-state index is 0.144. The fourth-order valence-electron chi connectivity index (χ4n) is 2.10. The predicted molar refractivity (Wildman–Crippen MR) is 60.6 cm³/mol. The highest BCUT2D eigenvalue weighted by Crippen LogP contribution is 2.19. The molecule has 0 aliphatic carbocycles. The van der Waals surface area contributed by atoms with Crippen LogP contribution in [0.1, 0.15) is 23.2 Å². The van der Waals surface area contributed by atoms with Crippen molar-refractivity contribution < 1.29 is 13.6 Å². The lowest BCUT2D eigenvalue weighted by Gasteiger charge is -2.29. The maximum absolute atomic E-state index is 13.5. The molecule has 1 aliphatic rings. The van der Waals surface area contributed by atoms with E-state index in [0.717, 1.165) is 25.0 Å². The zero-order valence-electron chi connectivity index (χ0n) is 9.70. The Bertz CT molecular complexity index is 510. The molecule has 18 heavy (non-hydrogen) atoms. The molecule has 1 heterocycles. The minimum Gasteiger partial charge on any atom is -0.337 e. The van der Waals surface area contributed by atoms with Crippen molar-refractivity contribution >= 4 is 5.91 Å². The van der Waals surface area contributed by atoms with E-state index in [4.69, 9.17) is 5.26 Å². The molecule has 0 bridgehead atoms. The van der Waals surface area contributed by atoms with Gasteiger partial charge in [0, 0.05) is 19.2 Å². The van der Waals surface area contributed by atoms with Crippen molar-refractivity contribution in [2.45, 2.75) is 12.8 Å². The molecule has 1 fully saturated rings. The van der Waals surface area contributed by atoms with Crippen molar-refractivity contribution in [2.24, 2.45) is 5.92 Å². The van der Waals surface area contributed by atoms with Gasteiger partial charge >= 0.3 is 0 Å². The zero-order valence-corrected chi connectivity index (χ0v) is 9.70. The van der Waals surface area contributed by atoms with Crippen LogP contribution in [0.25, 0.3) is 0 Å². The van der Waals surface area contributed by atoms with Gasteiger partial charge in [-0.1, -0.05) is 0 Å². The number of hydrogen-bond donors (Lipinski definition) is 0. The van der Waals surface area contributed by atoms with Crippen molar-refractivity contribution in [2.75, 3.05) is 13.1 Å². The highest BCUT2D eigenvalue weighted by Gasteiger charge is 2.25. The second-order valence-electron chi connectivity index (χ2n) is 4.34. The van der Waals surface area contributed by atoms with Gasteiger partial charge in [-0.3, -0.25) is 4.79 Å². The molecule has 0 spiro atoms. The molecule has 1 saturated heterocycles. The van der Waals surface area contributed by atoms with Gasteiger partial charge < -0.3 is 4.90 Å². The van der Waals surface area contributed by atoms with Gasteiger partial charge in [-0.25, -0.2) is 8.78 Å². The van der Waals surface area contributed by atoms with Crippen LogP contribution in [0.3, 0.4) is 0 Å². The van der Waals surface area contributed by atoms with Crippen LogP contribution in [0.4, 0.5) is 8.78 Å². The number of nitriles is 1. The average Bonchev–Trinajstić information content (AvgIpc) is 2.38. The van der Waals surface area contributed by atoms with E-state index in [1.54, 1.807) is 0 Å². The molecule has 1 atom stereocenters. The number of amides is 1. The summed E-state index contributed by atoms with van der Waals surface area (Å²) in [5.74, 6) is -2.25. The molecule has 94 valence electrons. The first-order chi connectivity index (χ1) is 8.61. The Morgan fingerprint density at radius 1 is 1.44 bits per heavy atom. The number of likely N-dealkylation sites (tertiary alicyclic amines) is 1. The lowest BCUT2D eigenvalue weighted by atomic mass is 9.99. The van der Waals surface area contributed by atoms with Gasteiger partial charge in [0.25, 0.3) is 5.91 Å². The summed E-state index contributed by atoms with van der Waals surface area (Å²) in [4.78, 5) is 13.5. The van der Waals surface area contributed by atoms with Crippen molar-refractivity contribution in [1.82, 2.24) is 4.90 Å². The van der Waals surface area contributed by atoms with E-state index in [0.29, 0.717) is 19.2 Å². The molecular formula is C13H12F2N2O. The summed E-state index contributed by atoms with van der Waals surface area (Å²) < 4.78 is 26.2. The first kappa shape index (κ1) is 12.5. The van der Waals surface area contributed by atoms with Crippen LogP contribution in [0.5, 0.6) is 0 Å². The van der Waals surface area contributed by atoms with Crippen molar-refractivity contribution in [3.05, 3.63) is 35.4 Å². The molecule has 1 aliphatic heterocycles. The third-order valence-electron chi connectivity index (χ3n) is 3.05. The number of carbonyl (C=O) groups is 1. The van der Waals surface area contributed by atoms with Gasteiger partial charge in [0.1, 0.15) is 11.6 Å². The van der Waals surface area contributed by atoms with Gasteiger partial charge in [-0.15, -0.1) is 0 Å². The molecule has 3 nitrogen and oxygen atoms in total. The number of benzene rings is 1. The second-order valence-corrected chi connectivity index (χ2v) is 4.34. The quantitative estimate of drug-likeness (QED) is 0.767. The van der Waals surface area contributed by atoms with Gasteiger partial charge in [0.05, 0.1) is 17.6 Å². The summed E-state index contributed by atoms with van der Waals surface area (Å²) in [6.07, 6.45) is 1.49. The standard InChI is InChI=1S/C13H12F2N2O/c14-10-3-4-11(12(15)6-10)13(18)17-5-1-2-9(7-16)8-17/h3-4,6,9H,1-2,5,8H2. The van der Waals surface area contributed by atoms with Crippen molar-refractivity contribution in [3.63, 3.8) is 0 Å². The topological polar surface area (TPSA) is 44.1 Å². The molecule has 5 heteroatoms. The van der Waals surface area contributed by atoms with Crippen molar-refractivity contribution in [3.8, 4) is 6.07 Å². The smallest absolute Gasteiger partial charge is 0.256 e. The Balaban J connectivity index is 2.18. The Morgan fingerprint density at radius 2 is 2.22 bits per heavy atom. The zero-order chi connectivity index (χ0) is 13.1. The molecule has 0 aromatic heterocycles. The molecule has 0 saturated carbocycles. The average molecular weight is 250 g/mol. The first-order valence-electron chi connectivity index (χ1n) is 5.75. The number of rotatable bonds is 1. The SMILES string of the molecule is N#CC1CCCN(C(=O)c2ccc(F)cc2F)C1. The molecule has 1 amide bonds. The fourth-order valence-corrected chi connectivity index (χ4v) is 2.10. The van der Waals surface area contributed by atoms with Crippen LogP contribution in [0.2, 0.25) is 0 Å². The van der Waals surface area contributed by atoms with Crippen LogP contribution in [0, 0.1) is 28.9 Å². The molecule has 1 unspecified atom stereocenters. The Hall–Kier alpha value is -1.96. The highest BCUT2D eigenvalue weighted by atomic mass is 19.1. The second kappa shape index (κ2) is 5.13. The van der Waals surface area contributed by atoms with Gasteiger partial charge in [0.15, 0.2) is 0 Å². The van der Waals surface area contributed by atoms with Crippen LogP contribution in [-0.4, -0.2) is 23.9 Å². The van der Waals surface area contributed by atoms with E-state index in [-0.39, 0.29) is 11.5 Å². The molecule has 1 aromatic carbocycles. The predicted octanol–water partition coefficient (Wildman–Crippen LogP) is 2.34. The summed E-state index contributed by atoms with van der Waals surface area (Å²) in [6.45, 7) is 0.819.